The minimum atomic E-state index is 0.367. The molecule has 1 aliphatic heterocycles. The summed E-state index contributed by atoms with van der Waals surface area (Å²) in [4.78, 5) is 14.4. The summed E-state index contributed by atoms with van der Waals surface area (Å²) in [5.74, 6) is 1.47. The van der Waals surface area contributed by atoms with Crippen LogP contribution in [0.2, 0.25) is 0 Å². The molecule has 1 saturated carbocycles. The quantitative estimate of drug-likeness (QED) is 0.909. The third-order valence-electron chi connectivity index (χ3n) is 4.76. The van der Waals surface area contributed by atoms with E-state index in [9.17, 15) is 4.79 Å². The first-order chi connectivity index (χ1) is 9.24. The number of nitrogens with one attached hydrogen (secondary N) is 1. The molecule has 2 fully saturated rings. The van der Waals surface area contributed by atoms with Crippen molar-refractivity contribution in [3.63, 3.8) is 0 Å². The molecule has 4 heteroatoms. The van der Waals surface area contributed by atoms with E-state index in [0.29, 0.717) is 17.7 Å². The van der Waals surface area contributed by atoms with Crippen LogP contribution in [0.1, 0.15) is 55.7 Å². The SMILES string of the molecule is Cc1cn[nH]c1[C@H]1CCN(C(=O)CC2CCCC2)C1. The third-order valence-corrected chi connectivity index (χ3v) is 4.76. The normalized spacial score (nSPS) is 24.3. The average Bonchev–Trinajstić information content (AvgIpc) is 3.08. The van der Waals surface area contributed by atoms with Gasteiger partial charge in [0.25, 0.3) is 0 Å². The fraction of sp³-hybridized carbons (Fsp3) is 0.733. The Morgan fingerprint density at radius 1 is 1.42 bits per heavy atom. The van der Waals surface area contributed by atoms with Crippen LogP contribution in [0.3, 0.4) is 0 Å². The standard InChI is InChI=1S/C15H23N3O/c1-11-9-16-17-15(11)13-6-7-18(10-13)14(19)8-12-4-2-3-5-12/h9,12-13H,2-8,10H2,1H3,(H,16,17)/t13-/m0/s1. The van der Waals surface area contributed by atoms with Crippen molar-refractivity contribution in [2.75, 3.05) is 13.1 Å². The van der Waals surface area contributed by atoms with E-state index in [1.165, 1.54) is 36.9 Å². The second kappa shape index (κ2) is 5.35. The molecule has 1 aromatic rings. The molecule has 0 spiro atoms. The van der Waals surface area contributed by atoms with Gasteiger partial charge in [-0.1, -0.05) is 12.8 Å². The minimum Gasteiger partial charge on any atom is -0.342 e. The molecule has 1 aliphatic carbocycles. The number of carbonyl (C=O) groups is 1. The summed E-state index contributed by atoms with van der Waals surface area (Å²) in [5.41, 5.74) is 2.44. The highest BCUT2D eigenvalue weighted by atomic mass is 16.2. The van der Waals surface area contributed by atoms with Gasteiger partial charge in [0.15, 0.2) is 0 Å². The highest BCUT2D eigenvalue weighted by Crippen LogP contribution is 2.31. The molecule has 104 valence electrons. The van der Waals surface area contributed by atoms with Crippen molar-refractivity contribution in [1.82, 2.24) is 15.1 Å². The molecule has 1 saturated heterocycles. The Bertz CT molecular complexity index is 448. The van der Waals surface area contributed by atoms with Gasteiger partial charge >= 0.3 is 0 Å². The maximum atomic E-state index is 12.3. The molecule has 0 bridgehead atoms. The minimum absolute atomic E-state index is 0.367. The Balaban J connectivity index is 1.56. The van der Waals surface area contributed by atoms with Crippen LogP contribution in [0.25, 0.3) is 0 Å². The molecule has 1 atom stereocenters. The second-order valence-electron chi connectivity index (χ2n) is 6.15. The summed E-state index contributed by atoms with van der Waals surface area (Å²) in [6, 6.07) is 0. The molecule has 3 rings (SSSR count). The van der Waals surface area contributed by atoms with Crippen LogP contribution in [0.5, 0.6) is 0 Å². The van der Waals surface area contributed by atoms with Crippen LogP contribution in [0.15, 0.2) is 6.20 Å². The molecule has 4 nitrogen and oxygen atoms in total. The molecule has 2 heterocycles. The van der Waals surface area contributed by atoms with Crippen molar-refractivity contribution < 1.29 is 4.79 Å². The van der Waals surface area contributed by atoms with Crippen molar-refractivity contribution in [3.05, 3.63) is 17.5 Å². The number of amides is 1. The van der Waals surface area contributed by atoms with E-state index in [0.717, 1.165) is 25.9 Å². The molecule has 19 heavy (non-hydrogen) atoms. The van der Waals surface area contributed by atoms with Crippen LogP contribution in [-0.4, -0.2) is 34.1 Å². The van der Waals surface area contributed by atoms with E-state index < -0.39 is 0 Å². The van der Waals surface area contributed by atoms with Gasteiger partial charge < -0.3 is 4.90 Å². The fourth-order valence-corrected chi connectivity index (χ4v) is 3.58. The Morgan fingerprint density at radius 3 is 2.89 bits per heavy atom. The van der Waals surface area contributed by atoms with Crippen molar-refractivity contribution >= 4 is 5.91 Å². The van der Waals surface area contributed by atoms with Gasteiger partial charge in [0, 0.05) is 31.1 Å². The first-order valence-electron chi connectivity index (χ1n) is 7.51. The lowest BCUT2D eigenvalue weighted by Gasteiger charge is -2.18. The van der Waals surface area contributed by atoms with Gasteiger partial charge in [-0.15, -0.1) is 0 Å². The molecular formula is C15H23N3O. The lowest BCUT2D eigenvalue weighted by atomic mass is 10.0. The number of rotatable bonds is 3. The molecular weight excluding hydrogens is 238 g/mol. The topological polar surface area (TPSA) is 49.0 Å². The van der Waals surface area contributed by atoms with Crippen LogP contribution < -0.4 is 0 Å². The Hall–Kier alpha value is -1.32. The number of aromatic nitrogens is 2. The van der Waals surface area contributed by atoms with Gasteiger partial charge in [-0.05, 0) is 37.7 Å². The molecule has 0 aromatic carbocycles. The number of nitrogens with zero attached hydrogens (tertiary/aromatic N) is 2. The molecule has 1 N–H and O–H groups in total. The predicted octanol–water partition coefficient (Wildman–Crippen LogP) is 2.61. The summed E-state index contributed by atoms with van der Waals surface area (Å²) in [6.07, 6.45) is 8.85. The predicted molar refractivity (Wildman–Crippen MR) is 73.8 cm³/mol. The summed E-state index contributed by atoms with van der Waals surface area (Å²) in [6.45, 7) is 3.87. The van der Waals surface area contributed by atoms with E-state index in [4.69, 9.17) is 0 Å². The number of aryl methyl sites for hydroxylation is 1. The highest BCUT2D eigenvalue weighted by molar-refractivity contribution is 5.76. The van der Waals surface area contributed by atoms with E-state index >= 15 is 0 Å². The van der Waals surface area contributed by atoms with Crippen molar-refractivity contribution in [1.29, 1.82) is 0 Å². The maximum Gasteiger partial charge on any atom is 0.222 e. The molecule has 0 radical (unpaired) electrons. The molecule has 0 unspecified atom stereocenters. The second-order valence-corrected chi connectivity index (χ2v) is 6.15. The first-order valence-corrected chi connectivity index (χ1v) is 7.51. The van der Waals surface area contributed by atoms with Crippen LogP contribution >= 0.6 is 0 Å². The van der Waals surface area contributed by atoms with Crippen LogP contribution in [-0.2, 0) is 4.79 Å². The number of aromatic amines is 1. The number of carbonyl (C=O) groups excluding carboxylic acids is 1. The van der Waals surface area contributed by atoms with Gasteiger partial charge in [0.05, 0.1) is 6.20 Å². The maximum absolute atomic E-state index is 12.3. The monoisotopic (exact) mass is 261 g/mol. The van der Waals surface area contributed by atoms with E-state index in [2.05, 4.69) is 22.0 Å². The van der Waals surface area contributed by atoms with Crippen LogP contribution in [0.4, 0.5) is 0 Å². The summed E-state index contributed by atoms with van der Waals surface area (Å²) in [5, 5.41) is 7.18. The van der Waals surface area contributed by atoms with Crippen molar-refractivity contribution in [2.45, 2.75) is 51.4 Å². The average molecular weight is 261 g/mol. The fourth-order valence-electron chi connectivity index (χ4n) is 3.58. The van der Waals surface area contributed by atoms with E-state index in [1.807, 2.05) is 6.20 Å². The van der Waals surface area contributed by atoms with Gasteiger partial charge in [-0.2, -0.15) is 5.10 Å². The van der Waals surface area contributed by atoms with E-state index in [-0.39, 0.29) is 0 Å². The van der Waals surface area contributed by atoms with E-state index in [1.54, 1.807) is 0 Å². The van der Waals surface area contributed by atoms with Crippen molar-refractivity contribution in [3.8, 4) is 0 Å². The van der Waals surface area contributed by atoms with Gasteiger partial charge in [0.2, 0.25) is 5.91 Å². The largest absolute Gasteiger partial charge is 0.342 e. The molecule has 2 aliphatic rings. The number of likely N-dealkylation sites (tertiary alicyclic amines) is 1. The zero-order chi connectivity index (χ0) is 13.2. The number of hydrogen-bond acceptors (Lipinski definition) is 2. The number of H-pyrrole nitrogens is 1. The smallest absolute Gasteiger partial charge is 0.222 e. The van der Waals surface area contributed by atoms with Gasteiger partial charge in [0.1, 0.15) is 0 Å². The lowest BCUT2D eigenvalue weighted by Crippen LogP contribution is -2.29. The summed E-state index contributed by atoms with van der Waals surface area (Å²) < 4.78 is 0. The Kier molecular flexibility index (Phi) is 3.58. The molecule has 1 amide bonds. The molecule has 1 aromatic heterocycles. The van der Waals surface area contributed by atoms with Crippen LogP contribution in [0, 0.1) is 12.8 Å². The highest BCUT2D eigenvalue weighted by Gasteiger charge is 2.30. The Labute approximate surface area is 114 Å². The Morgan fingerprint density at radius 2 is 2.21 bits per heavy atom. The first kappa shape index (κ1) is 12.7. The lowest BCUT2D eigenvalue weighted by molar-refractivity contribution is -0.131. The van der Waals surface area contributed by atoms with Crippen molar-refractivity contribution in [2.24, 2.45) is 5.92 Å². The third kappa shape index (κ3) is 2.67. The van der Waals surface area contributed by atoms with Gasteiger partial charge in [-0.3, -0.25) is 9.89 Å². The summed E-state index contributed by atoms with van der Waals surface area (Å²) in [7, 11) is 0. The summed E-state index contributed by atoms with van der Waals surface area (Å²) >= 11 is 0. The zero-order valence-corrected chi connectivity index (χ0v) is 11.7. The number of hydrogen-bond donors (Lipinski definition) is 1. The van der Waals surface area contributed by atoms with Gasteiger partial charge in [-0.25, -0.2) is 0 Å². The zero-order valence-electron chi connectivity index (χ0n) is 11.7.